The van der Waals surface area contributed by atoms with Gasteiger partial charge in [-0.15, -0.1) is 24.0 Å². The molecule has 6 heteroatoms. The van der Waals surface area contributed by atoms with Gasteiger partial charge in [0.15, 0.2) is 5.96 Å². The van der Waals surface area contributed by atoms with E-state index >= 15 is 0 Å². The number of hydrogen-bond acceptors (Lipinski definition) is 3. The molecule has 23 heavy (non-hydrogen) atoms. The van der Waals surface area contributed by atoms with E-state index in [0.717, 1.165) is 32.1 Å². The summed E-state index contributed by atoms with van der Waals surface area (Å²) in [5, 5.41) is 11.2. The minimum absolute atomic E-state index is 0. The molecule has 1 saturated heterocycles. The Balaban J connectivity index is 0.00000264. The molecule has 1 unspecified atom stereocenters. The largest absolute Gasteiger partial charge is 0.357 e. The molecule has 0 aliphatic carbocycles. The van der Waals surface area contributed by atoms with E-state index in [1.54, 1.807) is 11.3 Å². The molecule has 1 aromatic heterocycles. The number of nitrogens with one attached hydrogen (secondary N) is 2. The molecule has 0 radical (unpaired) electrons. The zero-order valence-electron chi connectivity index (χ0n) is 14.4. The monoisotopic (exact) mass is 450 g/mol. The number of piperidine rings is 1. The summed E-state index contributed by atoms with van der Waals surface area (Å²) in [5.74, 6) is 1.42. The van der Waals surface area contributed by atoms with Crippen LogP contribution in [0.1, 0.15) is 44.6 Å². The van der Waals surface area contributed by atoms with Gasteiger partial charge in [-0.05, 0) is 55.2 Å². The number of thiophene rings is 1. The number of rotatable bonds is 7. The lowest BCUT2D eigenvalue weighted by Crippen LogP contribution is -2.42. The van der Waals surface area contributed by atoms with Crippen LogP contribution in [0.15, 0.2) is 21.8 Å². The number of hydrogen-bond donors (Lipinski definition) is 2. The van der Waals surface area contributed by atoms with Crippen LogP contribution in [0.3, 0.4) is 0 Å². The van der Waals surface area contributed by atoms with Crippen molar-refractivity contribution in [2.24, 2.45) is 4.99 Å². The highest BCUT2D eigenvalue weighted by Gasteiger charge is 2.10. The van der Waals surface area contributed by atoms with Gasteiger partial charge < -0.3 is 15.5 Å². The highest BCUT2D eigenvalue weighted by molar-refractivity contribution is 14.0. The Morgan fingerprint density at radius 1 is 1.30 bits per heavy atom. The van der Waals surface area contributed by atoms with E-state index in [2.05, 4.69) is 46.2 Å². The smallest absolute Gasteiger partial charge is 0.191 e. The third-order valence-electron chi connectivity index (χ3n) is 4.15. The number of likely N-dealkylation sites (tertiary alicyclic amines) is 1. The Kier molecular flexibility index (Phi) is 10.9. The molecule has 1 aromatic rings. The van der Waals surface area contributed by atoms with Crippen LogP contribution in [-0.4, -0.2) is 50.1 Å². The van der Waals surface area contributed by atoms with Crippen LogP contribution in [0.2, 0.25) is 0 Å². The fourth-order valence-corrected chi connectivity index (χ4v) is 3.53. The van der Waals surface area contributed by atoms with Crippen molar-refractivity contribution >= 4 is 41.3 Å². The molecule has 0 bridgehead atoms. The van der Waals surface area contributed by atoms with E-state index in [9.17, 15) is 0 Å². The summed E-state index contributed by atoms with van der Waals surface area (Å²) < 4.78 is 0. The minimum atomic E-state index is 0. The van der Waals surface area contributed by atoms with Crippen molar-refractivity contribution in [1.82, 2.24) is 15.5 Å². The third kappa shape index (κ3) is 7.85. The molecule has 0 amide bonds. The number of halogens is 1. The highest BCUT2D eigenvalue weighted by Crippen LogP contribution is 2.18. The van der Waals surface area contributed by atoms with Crippen molar-refractivity contribution in [1.29, 1.82) is 0 Å². The van der Waals surface area contributed by atoms with Gasteiger partial charge in [0.05, 0.1) is 0 Å². The molecule has 0 spiro atoms. The Morgan fingerprint density at radius 2 is 2.09 bits per heavy atom. The molecule has 4 nitrogen and oxygen atoms in total. The SMILES string of the molecule is CCNC(=NCC(C)c1ccsc1)NCCN1CCCCC1.I. The second-order valence-corrected chi connectivity index (χ2v) is 6.79. The van der Waals surface area contributed by atoms with E-state index in [-0.39, 0.29) is 24.0 Å². The molecule has 2 heterocycles. The molecule has 0 saturated carbocycles. The van der Waals surface area contributed by atoms with Gasteiger partial charge in [0.1, 0.15) is 0 Å². The first-order valence-corrected chi connectivity index (χ1v) is 9.50. The van der Waals surface area contributed by atoms with Crippen LogP contribution in [0, 0.1) is 0 Å². The van der Waals surface area contributed by atoms with Crippen molar-refractivity contribution in [2.45, 2.75) is 39.0 Å². The van der Waals surface area contributed by atoms with Gasteiger partial charge in [-0.3, -0.25) is 4.99 Å². The van der Waals surface area contributed by atoms with Gasteiger partial charge in [-0.1, -0.05) is 13.3 Å². The average molecular weight is 450 g/mol. The lowest BCUT2D eigenvalue weighted by Gasteiger charge is -2.26. The molecule has 2 rings (SSSR count). The molecule has 1 fully saturated rings. The van der Waals surface area contributed by atoms with Crippen molar-refractivity contribution in [3.63, 3.8) is 0 Å². The summed E-state index contributed by atoms with van der Waals surface area (Å²) in [6.07, 6.45) is 4.10. The summed E-state index contributed by atoms with van der Waals surface area (Å²) in [7, 11) is 0. The van der Waals surface area contributed by atoms with Crippen LogP contribution < -0.4 is 10.6 Å². The predicted octanol–water partition coefficient (Wildman–Crippen LogP) is 3.51. The van der Waals surface area contributed by atoms with E-state index in [4.69, 9.17) is 4.99 Å². The highest BCUT2D eigenvalue weighted by atomic mass is 127. The first-order valence-electron chi connectivity index (χ1n) is 8.56. The van der Waals surface area contributed by atoms with Crippen LogP contribution in [-0.2, 0) is 0 Å². The molecule has 2 N–H and O–H groups in total. The van der Waals surface area contributed by atoms with Crippen molar-refractivity contribution in [3.8, 4) is 0 Å². The van der Waals surface area contributed by atoms with Gasteiger partial charge in [0, 0.05) is 32.1 Å². The second-order valence-electron chi connectivity index (χ2n) is 6.01. The summed E-state index contributed by atoms with van der Waals surface area (Å²) in [6, 6.07) is 2.20. The number of aliphatic imine (C=N–C) groups is 1. The fourth-order valence-electron chi connectivity index (χ4n) is 2.75. The van der Waals surface area contributed by atoms with E-state index in [1.165, 1.54) is 37.9 Å². The first kappa shape index (κ1) is 20.7. The maximum Gasteiger partial charge on any atom is 0.191 e. The molecule has 0 aromatic carbocycles. The average Bonchev–Trinajstić information content (AvgIpc) is 3.08. The van der Waals surface area contributed by atoms with E-state index < -0.39 is 0 Å². The first-order chi connectivity index (χ1) is 10.8. The van der Waals surface area contributed by atoms with Gasteiger partial charge in [-0.2, -0.15) is 11.3 Å². The Hall–Kier alpha value is -0.340. The summed E-state index contributed by atoms with van der Waals surface area (Å²) in [4.78, 5) is 7.28. The van der Waals surface area contributed by atoms with Crippen molar-refractivity contribution in [2.75, 3.05) is 39.3 Å². The standard InChI is InChI=1S/C17H30N4S.HI/c1-3-18-17(19-8-11-21-9-5-4-6-10-21)20-13-15(2)16-7-12-22-14-16;/h7,12,14-15H,3-6,8-11,13H2,1-2H3,(H2,18,19,20);1H. The third-order valence-corrected chi connectivity index (χ3v) is 4.85. The molecule has 1 aliphatic rings. The van der Waals surface area contributed by atoms with Gasteiger partial charge in [0.2, 0.25) is 0 Å². The quantitative estimate of drug-likeness (QED) is 0.380. The molecule has 1 atom stereocenters. The van der Waals surface area contributed by atoms with Crippen molar-refractivity contribution in [3.05, 3.63) is 22.4 Å². The van der Waals surface area contributed by atoms with Gasteiger partial charge in [0.25, 0.3) is 0 Å². The Bertz CT molecular complexity index is 430. The Labute approximate surface area is 162 Å². The van der Waals surface area contributed by atoms with E-state index in [0.29, 0.717) is 5.92 Å². The lowest BCUT2D eigenvalue weighted by molar-refractivity contribution is 0.232. The zero-order valence-corrected chi connectivity index (χ0v) is 17.5. The molecular weight excluding hydrogens is 419 g/mol. The predicted molar refractivity (Wildman–Crippen MR) is 112 cm³/mol. The Morgan fingerprint density at radius 3 is 2.74 bits per heavy atom. The number of nitrogens with zero attached hydrogens (tertiary/aromatic N) is 2. The van der Waals surface area contributed by atoms with Crippen LogP contribution in [0.25, 0.3) is 0 Å². The maximum absolute atomic E-state index is 4.73. The fraction of sp³-hybridized carbons (Fsp3) is 0.706. The molecule has 1 aliphatic heterocycles. The zero-order chi connectivity index (χ0) is 15.6. The molecule has 132 valence electrons. The minimum Gasteiger partial charge on any atom is -0.357 e. The van der Waals surface area contributed by atoms with E-state index in [1.807, 2.05) is 0 Å². The molecular formula is C17H31IN4S. The lowest BCUT2D eigenvalue weighted by atomic mass is 10.1. The summed E-state index contributed by atoms with van der Waals surface area (Å²) in [6.45, 7) is 10.7. The van der Waals surface area contributed by atoms with Gasteiger partial charge in [-0.25, -0.2) is 0 Å². The van der Waals surface area contributed by atoms with Gasteiger partial charge >= 0.3 is 0 Å². The summed E-state index contributed by atoms with van der Waals surface area (Å²) in [5.41, 5.74) is 1.39. The maximum atomic E-state index is 4.73. The van der Waals surface area contributed by atoms with Crippen molar-refractivity contribution < 1.29 is 0 Å². The topological polar surface area (TPSA) is 39.7 Å². The van der Waals surface area contributed by atoms with Crippen LogP contribution >= 0.6 is 35.3 Å². The summed E-state index contributed by atoms with van der Waals surface area (Å²) >= 11 is 1.76. The second kappa shape index (κ2) is 12.1. The van der Waals surface area contributed by atoms with Crippen LogP contribution in [0.4, 0.5) is 0 Å². The number of guanidine groups is 1. The van der Waals surface area contributed by atoms with Crippen LogP contribution in [0.5, 0.6) is 0 Å². The normalized spacial score (nSPS) is 17.4.